The van der Waals surface area contributed by atoms with Crippen molar-refractivity contribution in [1.29, 1.82) is 0 Å². The number of benzene rings is 3. The number of allylic oxidation sites excluding steroid dienone is 2. The summed E-state index contributed by atoms with van der Waals surface area (Å²) in [5, 5.41) is 10.6. The molecule has 0 bridgehead atoms. The van der Waals surface area contributed by atoms with Gasteiger partial charge >= 0.3 is 0 Å². The number of hydrogen-bond donors (Lipinski definition) is 1. The van der Waals surface area contributed by atoms with Gasteiger partial charge in [0.25, 0.3) is 0 Å². The van der Waals surface area contributed by atoms with E-state index in [-0.39, 0.29) is 41.5 Å². The molecule has 0 spiro atoms. The Bertz CT molecular complexity index is 2000. The molecule has 9 rings (SSSR count). The molecule has 0 unspecified atom stereocenters. The minimum Gasteiger partial charge on any atom is -0.504 e. The fourth-order valence-corrected chi connectivity index (χ4v) is 9.74. The molecular formula is C42H44N4O8. The Morgan fingerprint density at radius 1 is 0.648 bits per heavy atom. The molecule has 6 aliphatic rings. The van der Waals surface area contributed by atoms with Crippen LogP contribution in [0, 0.1) is 29.6 Å². The molecule has 54 heavy (non-hydrogen) atoms. The average molecular weight is 733 g/mol. The first-order valence-electron chi connectivity index (χ1n) is 19.1. The van der Waals surface area contributed by atoms with Gasteiger partial charge in [-0.25, -0.2) is 0 Å². The van der Waals surface area contributed by atoms with Crippen LogP contribution in [0.1, 0.15) is 31.2 Å². The number of imide groups is 2. The minimum absolute atomic E-state index is 0.0233. The summed E-state index contributed by atoms with van der Waals surface area (Å²) in [6.07, 6.45) is 2.66. The van der Waals surface area contributed by atoms with Gasteiger partial charge in [0.2, 0.25) is 23.6 Å². The van der Waals surface area contributed by atoms with Crippen LogP contribution in [0.15, 0.2) is 78.4 Å². The van der Waals surface area contributed by atoms with Crippen molar-refractivity contribution in [3.63, 3.8) is 0 Å². The van der Waals surface area contributed by atoms with E-state index in [2.05, 4.69) is 9.80 Å². The van der Waals surface area contributed by atoms with E-state index in [1.54, 1.807) is 18.2 Å². The molecule has 4 aliphatic heterocycles. The number of rotatable bonds is 7. The monoisotopic (exact) mass is 732 g/mol. The van der Waals surface area contributed by atoms with Crippen LogP contribution >= 0.6 is 0 Å². The Labute approximate surface area is 313 Å². The van der Waals surface area contributed by atoms with E-state index in [9.17, 15) is 24.3 Å². The van der Waals surface area contributed by atoms with Crippen molar-refractivity contribution >= 4 is 46.4 Å². The van der Waals surface area contributed by atoms with Gasteiger partial charge in [-0.2, -0.15) is 0 Å². The first kappa shape index (κ1) is 34.6. The molecule has 12 nitrogen and oxygen atoms in total. The number of hydrogen-bond acceptors (Lipinski definition) is 10. The summed E-state index contributed by atoms with van der Waals surface area (Å²) in [5.41, 5.74) is 4.65. The van der Waals surface area contributed by atoms with Gasteiger partial charge in [0.15, 0.2) is 11.5 Å². The summed E-state index contributed by atoms with van der Waals surface area (Å²) in [6.45, 7) is 7.82. The van der Waals surface area contributed by atoms with Crippen LogP contribution in [0.5, 0.6) is 11.5 Å². The molecule has 4 saturated heterocycles. The summed E-state index contributed by atoms with van der Waals surface area (Å²) in [7, 11) is 0. The number of phenolic OH excluding ortho intramolecular Hbond substituents is 1. The third-order valence-electron chi connectivity index (χ3n) is 12.3. The van der Waals surface area contributed by atoms with Crippen LogP contribution in [0.3, 0.4) is 0 Å². The molecule has 5 fully saturated rings. The van der Waals surface area contributed by atoms with Crippen LogP contribution in [0.4, 0.5) is 22.7 Å². The zero-order chi connectivity index (χ0) is 37.1. The number of anilines is 4. The molecule has 0 aromatic heterocycles. The van der Waals surface area contributed by atoms with Crippen LogP contribution < -0.4 is 24.3 Å². The van der Waals surface area contributed by atoms with Gasteiger partial charge in [-0.15, -0.1) is 0 Å². The topological polar surface area (TPSA) is 129 Å². The predicted molar refractivity (Wildman–Crippen MR) is 201 cm³/mol. The third kappa shape index (κ3) is 5.65. The standard InChI is InChI=1S/C42H44N4O8/c1-2-54-35-23-25(3-14-34(35)47)36-30-12-13-31-37(41(50)45(39(31)48)28-8-4-26(5-9-28)43-15-19-52-20-16-43)32(30)24-33-38(36)42(51)46(40(33)49)29-10-6-27(7-11-29)44-17-21-53-22-18-44/h3-12,14,23,31-33,36-38,47H,2,13,15-22,24H2,1H3/t31-,32+,33+,36-,37-,38+/m0/s1. The molecule has 2 aliphatic carbocycles. The van der Waals surface area contributed by atoms with E-state index in [4.69, 9.17) is 14.2 Å². The second-order valence-corrected chi connectivity index (χ2v) is 14.9. The summed E-state index contributed by atoms with van der Waals surface area (Å²) >= 11 is 0. The van der Waals surface area contributed by atoms with E-state index in [0.717, 1.165) is 48.7 Å². The lowest BCUT2D eigenvalue weighted by Gasteiger charge is -2.44. The second kappa shape index (κ2) is 13.9. The zero-order valence-electron chi connectivity index (χ0n) is 30.3. The maximum Gasteiger partial charge on any atom is 0.238 e. The zero-order valence-corrected chi connectivity index (χ0v) is 30.3. The maximum absolute atomic E-state index is 14.6. The number of amides is 4. The van der Waals surface area contributed by atoms with Gasteiger partial charge in [-0.1, -0.05) is 17.7 Å². The van der Waals surface area contributed by atoms with Gasteiger partial charge in [-0.05, 0) is 91.9 Å². The first-order valence-corrected chi connectivity index (χ1v) is 19.1. The van der Waals surface area contributed by atoms with Crippen molar-refractivity contribution in [2.24, 2.45) is 29.6 Å². The average Bonchev–Trinajstić information content (AvgIpc) is 3.62. The van der Waals surface area contributed by atoms with E-state index < -0.39 is 35.5 Å². The van der Waals surface area contributed by atoms with Gasteiger partial charge in [0, 0.05) is 43.5 Å². The number of ether oxygens (including phenoxy) is 3. The van der Waals surface area contributed by atoms with Crippen LogP contribution in [0.2, 0.25) is 0 Å². The molecular weight excluding hydrogens is 688 g/mol. The number of fused-ring (bicyclic) bond motifs is 4. The van der Waals surface area contributed by atoms with Gasteiger partial charge in [0.05, 0.1) is 68.1 Å². The normalized spacial score (nSPS) is 28.2. The van der Waals surface area contributed by atoms with Gasteiger partial charge in [0.1, 0.15) is 0 Å². The Morgan fingerprint density at radius 3 is 1.72 bits per heavy atom. The lowest BCUT2D eigenvalue weighted by Crippen LogP contribution is -2.43. The summed E-state index contributed by atoms with van der Waals surface area (Å²) < 4.78 is 16.8. The Kier molecular flexibility index (Phi) is 8.89. The number of phenols is 1. The van der Waals surface area contributed by atoms with Gasteiger partial charge in [-0.3, -0.25) is 29.0 Å². The highest BCUT2D eigenvalue weighted by Gasteiger charge is 2.62. The Hall–Kier alpha value is -5.20. The molecule has 6 atom stereocenters. The van der Waals surface area contributed by atoms with E-state index >= 15 is 0 Å². The smallest absolute Gasteiger partial charge is 0.238 e. The number of morpholine rings is 2. The molecule has 1 N–H and O–H groups in total. The minimum atomic E-state index is -0.731. The lowest BCUT2D eigenvalue weighted by molar-refractivity contribution is -0.126. The molecule has 0 radical (unpaired) electrons. The third-order valence-corrected chi connectivity index (χ3v) is 12.3. The number of aromatic hydroxyl groups is 1. The molecule has 3 aromatic rings. The second-order valence-electron chi connectivity index (χ2n) is 14.9. The van der Waals surface area contributed by atoms with Crippen LogP contribution in [0.25, 0.3) is 0 Å². The van der Waals surface area contributed by atoms with Crippen molar-refractivity contribution in [1.82, 2.24) is 0 Å². The lowest BCUT2D eigenvalue weighted by atomic mass is 9.57. The number of carbonyl (C=O) groups excluding carboxylic acids is 4. The fraction of sp³-hybridized carbons (Fsp3) is 0.429. The number of carbonyl (C=O) groups is 4. The van der Waals surface area contributed by atoms with Crippen molar-refractivity contribution in [2.75, 3.05) is 78.8 Å². The van der Waals surface area contributed by atoms with Crippen LogP contribution in [-0.2, 0) is 28.7 Å². The highest BCUT2D eigenvalue weighted by atomic mass is 16.5. The first-order chi connectivity index (χ1) is 26.3. The van der Waals surface area contributed by atoms with E-state index in [0.29, 0.717) is 50.8 Å². The molecule has 3 aromatic carbocycles. The van der Waals surface area contributed by atoms with Crippen LogP contribution in [-0.4, -0.2) is 87.9 Å². The Morgan fingerprint density at radius 2 is 1.17 bits per heavy atom. The van der Waals surface area contributed by atoms with Gasteiger partial charge < -0.3 is 29.1 Å². The summed E-state index contributed by atoms with van der Waals surface area (Å²) in [5.74, 6) is -4.53. The number of nitrogens with zero attached hydrogens (tertiary/aromatic N) is 4. The summed E-state index contributed by atoms with van der Waals surface area (Å²) in [6, 6.07) is 20.2. The largest absolute Gasteiger partial charge is 0.504 e. The van der Waals surface area contributed by atoms with E-state index in [1.165, 1.54) is 9.80 Å². The van der Waals surface area contributed by atoms with Crippen molar-refractivity contribution < 1.29 is 38.5 Å². The predicted octanol–water partition coefficient (Wildman–Crippen LogP) is 4.51. The van der Waals surface area contributed by atoms with Crippen molar-refractivity contribution in [3.8, 4) is 11.5 Å². The molecule has 4 heterocycles. The highest BCUT2D eigenvalue weighted by Crippen LogP contribution is 2.59. The fourth-order valence-electron chi connectivity index (χ4n) is 9.74. The molecule has 1 saturated carbocycles. The quantitative estimate of drug-likeness (QED) is 0.274. The van der Waals surface area contributed by atoms with Crippen molar-refractivity contribution in [3.05, 3.63) is 83.9 Å². The molecule has 12 heteroatoms. The highest BCUT2D eigenvalue weighted by molar-refractivity contribution is 6.24. The molecule has 280 valence electrons. The maximum atomic E-state index is 14.6. The molecule has 4 amide bonds. The summed E-state index contributed by atoms with van der Waals surface area (Å²) in [4.78, 5) is 64.9. The Balaban J connectivity index is 1.06. The SMILES string of the molecule is CCOc1cc([C@H]2C3=CC[C@@H]4C(=O)N(c5ccc(N6CCOCC6)cc5)C(=O)[C@@H]4[C@@H]3C[C@H]3C(=O)N(c4ccc(N5CCOCC5)cc4)C(=O)[C@@H]23)ccc1O. The van der Waals surface area contributed by atoms with Crippen molar-refractivity contribution in [2.45, 2.75) is 25.7 Å². The van der Waals surface area contributed by atoms with E-state index in [1.807, 2.05) is 61.5 Å².